The average Bonchev–Trinajstić information content (AvgIpc) is 2.39. The lowest BCUT2D eigenvalue weighted by molar-refractivity contribution is -0.385. The number of rotatable bonds is 4. The van der Waals surface area contributed by atoms with Crippen LogP contribution in [0.1, 0.15) is 5.56 Å². The Morgan fingerprint density at radius 3 is 2.53 bits per heavy atom. The van der Waals surface area contributed by atoms with Crippen LogP contribution in [-0.2, 0) is 5.75 Å². The van der Waals surface area contributed by atoms with Gasteiger partial charge in [-0.1, -0.05) is 11.6 Å². The Bertz CT molecular complexity index is 601. The van der Waals surface area contributed by atoms with E-state index in [0.717, 1.165) is 4.90 Å². The first-order valence-electron chi connectivity index (χ1n) is 5.41. The lowest BCUT2D eigenvalue weighted by atomic mass is 10.2. The summed E-state index contributed by atoms with van der Waals surface area (Å²) in [5, 5.41) is 20.5. The lowest BCUT2D eigenvalue weighted by Gasteiger charge is -2.04. The molecule has 0 unspecified atom stereocenters. The second-order valence-corrected chi connectivity index (χ2v) is 5.30. The third kappa shape index (κ3) is 3.62. The van der Waals surface area contributed by atoms with E-state index in [0.29, 0.717) is 16.3 Å². The Labute approximate surface area is 119 Å². The van der Waals surface area contributed by atoms with E-state index >= 15 is 0 Å². The van der Waals surface area contributed by atoms with Gasteiger partial charge < -0.3 is 5.11 Å². The molecule has 4 nitrogen and oxygen atoms in total. The van der Waals surface area contributed by atoms with E-state index in [1.165, 1.54) is 17.8 Å². The van der Waals surface area contributed by atoms with Gasteiger partial charge in [0.25, 0.3) is 5.69 Å². The number of nitrogens with zero attached hydrogens (tertiary/aromatic N) is 1. The van der Waals surface area contributed by atoms with E-state index in [1.807, 2.05) is 0 Å². The van der Waals surface area contributed by atoms with Crippen LogP contribution in [0.4, 0.5) is 5.69 Å². The number of thioether (sulfide) groups is 1. The standard InChI is InChI=1S/C13H10ClNO3S/c14-10-2-1-9(13(7-10)15(17)18)8-19-12-5-3-11(16)4-6-12/h1-7,16H,8H2. The van der Waals surface area contributed by atoms with Crippen LogP contribution in [0.25, 0.3) is 0 Å². The highest BCUT2D eigenvalue weighted by Gasteiger charge is 2.14. The summed E-state index contributed by atoms with van der Waals surface area (Å²) in [6.45, 7) is 0. The van der Waals surface area contributed by atoms with Crippen molar-refractivity contribution < 1.29 is 10.0 Å². The molecule has 0 atom stereocenters. The molecule has 1 N–H and O–H groups in total. The van der Waals surface area contributed by atoms with Crippen LogP contribution in [0.2, 0.25) is 5.02 Å². The molecule has 98 valence electrons. The van der Waals surface area contributed by atoms with Crippen LogP contribution < -0.4 is 0 Å². The van der Waals surface area contributed by atoms with Crippen molar-refractivity contribution in [1.29, 1.82) is 0 Å². The number of aromatic hydroxyl groups is 1. The molecular weight excluding hydrogens is 286 g/mol. The van der Waals surface area contributed by atoms with E-state index in [-0.39, 0.29) is 11.4 Å². The monoisotopic (exact) mass is 295 g/mol. The predicted octanol–water partition coefficient (Wildman–Crippen LogP) is 4.25. The topological polar surface area (TPSA) is 63.4 Å². The van der Waals surface area contributed by atoms with Gasteiger partial charge >= 0.3 is 0 Å². The quantitative estimate of drug-likeness (QED) is 0.520. The molecule has 0 bridgehead atoms. The number of hydrogen-bond donors (Lipinski definition) is 1. The molecule has 0 fully saturated rings. The van der Waals surface area contributed by atoms with Crippen molar-refractivity contribution in [2.24, 2.45) is 0 Å². The Balaban J connectivity index is 2.15. The normalized spacial score (nSPS) is 10.4. The maximum atomic E-state index is 10.9. The first-order valence-corrected chi connectivity index (χ1v) is 6.77. The van der Waals surface area contributed by atoms with E-state index < -0.39 is 4.92 Å². The second-order valence-electron chi connectivity index (χ2n) is 3.81. The van der Waals surface area contributed by atoms with Gasteiger partial charge in [-0.2, -0.15) is 0 Å². The van der Waals surface area contributed by atoms with Crippen LogP contribution in [0.5, 0.6) is 5.75 Å². The van der Waals surface area contributed by atoms with Crippen LogP contribution >= 0.6 is 23.4 Å². The Kier molecular flexibility index (Phi) is 4.29. The third-order valence-electron chi connectivity index (χ3n) is 2.48. The lowest BCUT2D eigenvalue weighted by Crippen LogP contribution is -1.94. The zero-order chi connectivity index (χ0) is 13.8. The van der Waals surface area contributed by atoms with E-state index in [2.05, 4.69) is 0 Å². The first-order chi connectivity index (χ1) is 9.06. The van der Waals surface area contributed by atoms with E-state index in [4.69, 9.17) is 11.6 Å². The van der Waals surface area contributed by atoms with Gasteiger partial charge in [-0.25, -0.2) is 0 Å². The Morgan fingerprint density at radius 2 is 1.89 bits per heavy atom. The first kappa shape index (κ1) is 13.7. The van der Waals surface area contributed by atoms with Gasteiger partial charge in [0.15, 0.2) is 0 Å². The van der Waals surface area contributed by atoms with Crippen LogP contribution in [0.3, 0.4) is 0 Å². The number of nitro groups is 1. The smallest absolute Gasteiger partial charge is 0.274 e. The Hall–Kier alpha value is -1.72. The van der Waals surface area contributed by atoms with Crippen molar-refractivity contribution in [3.05, 3.63) is 63.2 Å². The van der Waals surface area contributed by atoms with Gasteiger partial charge in [-0.15, -0.1) is 11.8 Å². The number of benzene rings is 2. The highest BCUT2D eigenvalue weighted by atomic mass is 35.5. The second kappa shape index (κ2) is 5.95. The van der Waals surface area contributed by atoms with Gasteiger partial charge in [0.1, 0.15) is 5.75 Å². The number of phenols is 1. The number of hydrogen-bond acceptors (Lipinski definition) is 4. The summed E-state index contributed by atoms with van der Waals surface area (Å²) >= 11 is 7.22. The molecule has 2 aromatic rings. The third-order valence-corrected chi connectivity index (χ3v) is 3.77. The minimum absolute atomic E-state index is 0.0266. The molecule has 0 saturated carbocycles. The molecule has 2 aromatic carbocycles. The molecule has 2 rings (SSSR count). The summed E-state index contributed by atoms with van der Waals surface area (Å²) in [6.07, 6.45) is 0. The fourth-order valence-electron chi connectivity index (χ4n) is 1.53. The highest BCUT2D eigenvalue weighted by molar-refractivity contribution is 7.98. The SMILES string of the molecule is O=[N+]([O-])c1cc(Cl)ccc1CSc1ccc(O)cc1. The zero-order valence-electron chi connectivity index (χ0n) is 9.75. The highest BCUT2D eigenvalue weighted by Crippen LogP contribution is 2.30. The summed E-state index contributed by atoms with van der Waals surface area (Å²) in [6, 6.07) is 11.4. The summed E-state index contributed by atoms with van der Waals surface area (Å²) in [5.41, 5.74) is 0.645. The van der Waals surface area contributed by atoms with Crippen molar-refractivity contribution in [3.8, 4) is 5.75 Å². The number of nitro benzene ring substituents is 1. The number of halogens is 1. The van der Waals surface area contributed by atoms with Crippen LogP contribution in [-0.4, -0.2) is 10.0 Å². The van der Waals surface area contributed by atoms with Gasteiger partial charge in [0, 0.05) is 27.3 Å². The molecule has 0 aliphatic heterocycles. The Morgan fingerprint density at radius 1 is 1.21 bits per heavy atom. The molecule has 0 saturated heterocycles. The fourth-order valence-corrected chi connectivity index (χ4v) is 2.59. The summed E-state index contributed by atoms with van der Waals surface area (Å²) in [4.78, 5) is 11.4. The predicted molar refractivity (Wildman–Crippen MR) is 75.8 cm³/mol. The van der Waals surface area contributed by atoms with Crippen LogP contribution in [0, 0.1) is 10.1 Å². The average molecular weight is 296 g/mol. The molecule has 0 radical (unpaired) electrons. The number of phenolic OH excluding ortho intramolecular Hbond substituents is 1. The molecule has 0 heterocycles. The van der Waals surface area contributed by atoms with E-state index in [9.17, 15) is 15.2 Å². The van der Waals surface area contributed by atoms with Gasteiger partial charge in [-0.3, -0.25) is 10.1 Å². The summed E-state index contributed by atoms with van der Waals surface area (Å²) in [5.74, 6) is 0.667. The minimum Gasteiger partial charge on any atom is -0.508 e. The maximum absolute atomic E-state index is 10.9. The largest absolute Gasteiger partial charge is 0.508 e. The zero-order valence-corrected chi connectivity index (χ0v) is 11.3. The molecule has 0 aromatic heterocycles. The molecule has 0 aliphatic carbocycles. The molecule has 0 amide bonds. The van der Waals surface area contributed by atoms with Gasteiger partial charge in [-0.05, 0) is 36.4 Å². The molecular formula is C13H10ClNO3S. The van der Waals surface area contributed by atoms with Gasteiger partial charge in [0.05, 0.1) is 4.92 Å². The summed E-state index contributed by atoms with van der Waals surface area (Å²) in [7, 11) is 0. The van der Waals surface area contributed by atoms with Gasteiger partial charge in [0.2, 0.25) is 0 Å². The molecule has 6 heteroatoms. The van der Waals surface area contributed by atoms with Crippen molar-refractivity contribution in [1.82, 2.24) is 0 Å². The molecule has 19 heavy (non-hydrogen) atoms. The van der Waals surface area contributed by atoms with Crippen LogP contribution in [0.15, 0.2) is 47.4 Å². The molecule has 0 aliphatic rings. The van der Waals surface area contributed by atoms with E-state index in [1.54, 1.807) is 36.4 Å². The van der Waals surface area contributed by atoms with Crippen molar-refractivity contribution in [2.75, 3.05) is 0 Å². The minimum atomic E-state index is -0.432. The molecule has 0 spiro atoms. The van der Waals surface area contributed by atoms with Crippen molar-refractivity contribution in [3.63, 3.8) is 0 Å². The van der Waals surface area contributed by atoms with Crippen molar-refractivity contribution >= 4 is 29.1 Å². The fraction of sp³-hybridized carbons (Fsp3) is 0.0769. The maximum Gasteiger partial charge on any atom is 0.274 e. The van der Waals surface area contributed by atoms with Crippen molar-refractivity contribution in [2.45, 2.75) is 10.6 Å². The summed E-state index contributed by atoms with van der Waals surface area (Å²) < 4.78 is 0.